The normalized spacial score (nSPS) is 24.3. The number of halogens is 1. The van der Waals surface area contributed by atoms with E-state index in [1.54, 1.807) is 18.2 Å². The molecule has 114 valence electrons. The summed E-state index contributed by atoms with van der Waals surface area (Å²) in [7, 11) is 2.14. The van der Waals surface area contributed by atoms with Gasteiger partial charge in [-0.3, -0.25) is 4.79 Å². The number of fused-ring (bicyclic) bond motifs is 1. The summed E-state index contributed by atoms with van der Waals surface area (Å²) in [6, 6.07) is 5.30. The minimum absolute atomic E-state index is 0.0239. The van der Waals surface area contributed by atoms with Crippen LogP contribution in [0, 0.1) is 5.92 Å². The van der Waals surface area contributed by atoms with Gasteiger partial charge in [-0.15, -0.1) is 0 Å². The topological polar surface area (TPSA) is 32.8 Å². The van der Waals surface area contributed by atoms with Crippen LogP contribution < -0.4 is 4.74 Å². The van der Waals surface area contributed by atoms with Crippen LogP contribution in [0.4, 0.5) is 0 Å². The second-order valence-electron chi connectivity index (χ2n) is 5.94. The average molecular weight is 309 g/mol. The molecule has 21 heavy (non-hydrogen) atoms. The Labute approximate surface area is 130 Å². The predicted molar refractivity (Wildman–Crippen MR) is 83.3 cm³/mol. The third kappa shape index (κ3) is 3.39. The lowest BCUT2D eigenvalue weighted by Crippen LogP contribution is -2.47. The molecular formula is C16H21ClN2O2. The highest BCUT2D eigenvalue weighted by atomic mass is 35.5. The van der Waals surface area contributed by atoms with Crippen LogP contribution in [0.1, 0.15) is 16.8 Å². The maximum Gasteiger partial charge on any atom is 0.171 e. The summed E-state index contributed by atoms with van der Waals surface area (Å²) in [5, 5.41) is 0.610. The monoisotopic (exact) mass is 308 g/mol. The Morgan fingerprint density at radius 3 is 2.81 bits per heavy atom. The molecular weight excluding hydrogens is 288 g/mol. The van der Waals surface area contributed by atoms with Gasteiger partial charge in [0, 0.05) is 43.7 Å². The fourth-order valence-corrected chi connectivity index (χ4v) is 3.16. The molecule has 1 fully saturated rings. The van der Waals surface area contributed by atoms with E-state index < -0.39 is 0 Å². The molecule has 2 aliphatic rings. The molecule has 5 heteroatoms. The molecule has 3 rings (SSSR count). The lowest BCUT2D eigenvalue weighted by Gasteiger charge is -2.34. The molecule has 4 nitrogen and oxygen atoms in total. The van der Waals surface area contributed by atoms with Gasteiger partial charge in [0.05, 0.1) is 12.2 Å². The van der Waals surface area contributed by atoms with E-state index in [4.69, 9.17) is 16.3 Å². The van der Waals surface area contributed by atoms with Gasteiger partial charge >= 0.3 is 0 Å². The molecule has 2 heterocycles. The Hall–Kier alpha value is -1.10. The van der Waals surface area contributed by atoms with Crippen molar-refractivity contribution in [2.24, 2.45) is 5.92 Å². The number of hydrogen-bond donors (Lipinski definition) is 0. The first-order valence-corrected chi connectivity index (χ1v) is 7.89. The number of likely N-dealkylation sites (N-methyl/N-ethyl adjacent to an activating group) is 1. The van der Waals surface area contributed by atoms with Crippen molar-refractivity contribution in [3.05, 3.63) is 28.8 Å². The highest BCUT2D eigenvalue weighted by molar-refractivity contribution is 6.30. The predicted octanol–water partition coefficient (Wildman–Crippen LogP) is 2.17. The zero-order valence-electron chi connectivity index (χ0n) is 12.3. The van der Waals surface area contributed by atoms with E-state index >= 15 is 0 Å². The van der Waals surface area contributed by atoms with E-state index in [1.807, 2.05) is 0 Å². The fraction of sp³-hybridized carbons (Fsp3) is 0.562. The lowest BCUT2D eigenvalue weighted by atomic mass is 9.94. The Bertz CT molecular complexity index is 527. The van der Waals surface area contributed by atoms with Crippen molar-refractivity contribution in [3.8, 4) is 5.75 Å². The van der Waals surface area contributed by atoms with Gasteiger partial charge < -0.3 is 14.5 Å². The summed E-state index contributed by atoms with van der Waals surface area (Å²) in [6.45, 7) is 5.63. The molecule has 0 amide bonds. The van der Waals surface area contributed by atoms with Crippen molar-refractivity contribution in [2.45, 2.75) is 6.42 Å². The van der Waals surface area contributed by atoms with Gasteiger partial charge in [-0.2, -0.15) is 0 Å². The summed E-state index contributed by atoms with van der Waals surface area (Å²) >= 11 is 5.98. The molecule has 1 saturated heterocycles. The van der Waals surface area contributed by atoms with Crippen LogP contribution in [0.25, 0.3) is 0 Å². The number of rotatable bonds is 2. The van der Waals surface area contributed by atoms with Gasteiger partial charge in [-0.25, -0.2) is 0 Å². The molecule has 0 saturated carbocycles. The molecule has 0 aliphatic carbocycles. The second-order valence-corrected chi connectivity index (χ2v) is 6.38. The quantitative estimate of drug-likeness (QED) is 0.838. The third-order valence-corrected chi connectivity index (χ3v) is 4.61. The molecule has 0 radical (unpaired) electrons. The van der Waals surface area contributed by atoms with Gasteiger partial charge in [-0.05, 0) is 31.7 Å². The standard InChI is InChI=1S/C16H21ClN2O2/c1-18-5-7-19(8-6-18)11-12-4-9-21-15-10-13(17)2-3-14(15)16(12)20/h2-3,10,12H,4-9,11H2,1H3. The SMILES string of the molecule is CN1CCN(CC2CCOc3cc(Cl)ccc3C2=O)CC1. The van der Waals surface area contributed by atoms with E-state index in [1.165, 1.54) is 0 Å². The van der Waals surface area contributed by atoms with Crippen LogP contribution in [-0.4, -0.2) is 62.0 Å². The van der Waals surface area contributed by atoms with E-state index in [9.17, 15) is 4.79 Å². The van der Waals surface area contributed by atoms with E-state index in [0.717, 1.165) is 39.1 Å². The minimum Gasteiger partial charge on any atom is -0.493 e. The van der Waals surface area contributed by atoms with Crippen molar-refractivity contribution < 1.29 is 9.53 Å². The summed E-state index contributed by atoms with van der Waals surface area (Å²) < 4.78 is 5.70. The van der Waals surface area contributed by atoms with Crippen LogP contribution in [0.2, 0.25) is 5.02 Å². The van der Waals surface area contributed by atoms with Gasteiger partial charge in [0.15, 0.2) is 5.78 Å². The Morgan fingerprint density at radius 2 is 2.05 bits per heavy atom. The lowest BCUT2D eigenvalue weighted by molar-refractivity contribution is 0.0825. The number of carbonyl (C=O) groups is 1. The number of hydrogen-bond acceptors (Lipinski definition) is 4. The Balaban J connectivity index is 1.72. The van der Waals surface area contributed by atoms with Crippen molar-refractivity contribution in [1.29, 1.82) is 0 Å². The third-order valence-electron chi connectivity index (χ3n) is 4.38. The average Bonchev–Trinajstić information content (AvgIpc) is 2.61. The van der Waals surface area contributed by atoms with Gasteiger partial charge in [0.1, 0.15) is 5.75 Å². The molecule has 1 aromatic rings. The number of Topliss-reactive ketones (excluding diaryl/α,β-unsaturated/α-hetero) is 1. The summed E-state index contributed by atoms with van der Waals surface area (Å²) in [5.74, 6) is 0.849. The van der Waals surface area contributed by atoms with Crippen molar-refractivity contribution in [3.63, 3.8) is 0 Å². The molecule has 0 bridgehead atoms. The van der Waals surface area contributed by atoms with Crippen LogP contribution in [0.5, 0.6) is 5.75 Å². The molecule has 1 atom stereocenters. The highest BCUT2D eigenvalue weighted by Gasteiger charge is 2.29. The highest BCUT2D eigenvalue weighted by Crippen LogP contribution is 2.30. The Kier molecular flexibility index (Phi) is 4.48. The summed E-state index contributed by atoms with van der Waals surface area (Å²) in [5.41, 5.74) is 0.677. The van der Waals surface area contributed by atoms with Gasteiger partial charge in [-0.1, -0.05) is 11.6 Å². The number of ketones is 1. The first kappa shape index (κ1) is 14.8. The van der Waals surface area contributed by atoms with Crippen molar-refractivity contribution in [1.82, 2.24) is 9.80 Å². The number of carbonyl (C=O) groups excluding carboxylic acids is 1. The Morgan fingerprint density at radius 1 is 1.29 bits per heavy atom. The van der Waals surface area contributed by atoms with Crippen LogP contribution >= 0.6 is 11.6 Å². The van der Waals surface area contributed by atoms with Crippen molar-refractivity contribution >= 4 is 17.4 Å². The molecule has 0 spiro atoms. The van der Waals surface area contributed by atoms with E-state index in [0.29, 0.717) is 22.9 Å². The first-order chi connectivity index (χ1) is 10.1. The molecule has 1 aromatic carbocycles. The zero-order valence-corrected chi connectivity index (χ0v) is 13.1. The maximum absolute atomic E-state index is 12.7. The van der Waals surface area contributed by atoms with Gasteiger partial charge in [0.25, 0.3) is 0 Å². The molecule has 0 aromatic heterocycles. The van der Waals surface area contributed by atoms with E-state index in [-0.39, 0.29) is 11.7 Å². The van der Waals surface area contributed by atoms with Crippen LogP contribution in [0.3, 0.4) is 0 Å². The molecule has 0 N–H and O–H groups in total. The van der Waals surface area contributed by atoms with E-state index in [2.05, 4.69) is 16.8 Å². The summed E-state index contributed by atoms with van der Waals surface area (Å²) in [4.78, 5) is 17.4. The fourth-order valence-electron chi connectivity index (χ4n) is 3.00. The second kappa shape index (κ2) is 6.34. The van der Waals surface area contributed by atoms with Crippen LogP contribution in [0.15, 0.2) is 18.2 Å². The smallest absolute Gasteiger partial charge is 0.171 e. The minimum atomic E-state index is 0.0239. The zero-order chi connectivity index (χ0) is 14.8. The number of nitrogens with zero attached hydrogens (tertiary/aromatic N) is 2. The van der Waals surface area contributed by atoms with Gasteiger partial charge in [0.2, 0.25) is 0 Å². The largest absolute Gasteiger partial charge is 0.493 e. The first-order valence-electron chi connectivity index (χ1n) is 7.51. The number of ether oxygens (including phenoxy) is 1. The maximum atomic E-state index is 12.7. The van der Waals surface area contributed by atoms with Crippen LogP contribution in [-0.2, 0) is 0 Å². The molecule has 2 aliphatic heterocycles. The number of benzene rings is 1. The number of piperazine rings is 1. The van der Waals surface area contributed by atoms with Crippen molar-refractivity contribution in [2.75, 3.05) is 46.4 Å². The molecule has 1 unspecified atom stereocenters. The summed E-state index contributed by atoms with van der Waals surface area (Å²) in [6.07, 6.45) is 0.775.